The van der Waals surface area contributed by atoms with E-state index in [0.717, 1.165) is 16.7 Å². The molecular weight excluding hydrogens is 449 g/mol. The van der Waals surface area contributed by atoms with Gasteiger partial charge in [0.1, 0.15) is 17.4 Å². The van der Waals surface area contributed by atoms with Crippen molar-refractivity contribution in [3.63, 3.8) is 0 Å². The number of carbonyl (C=O) groups is 2. The van der Waals surface area contributed by atoms with Crippen molar-refractivity contribution in [2.24, 2.45) is 0 Å². The first-order valence-corrected chi connectivity index (χ1v) is 11.0. The molecule has 0 saturated carbocycles. The summed E-state index contributed by atoms with van der Waals surface area (Å²) < 4.78 is 46.1. The second kappa shape index (κ2) is 11.3. The van der Waals surface area contributed by atoms with Crippen LogP contribution in [0.15, 0.2) is 48.5 Å². The van der Waals surface area contributed by atoms with Gasteiger partial charge in [-0.3, -0.25) is 9.69 Å². The molecule has 0 aliphatic rings. The Morgan fingerprint density at radius 1 is 0.971 bits per heavy atom. The summed E-state index contributed by atoms with van der Waals surface area (Å²) in [6, 6.07) is 12.5. The van der Waals surface area contributed by atoms with Gasteiger partial charge in [-0.25, -0.2) is 4.79 Å². The maximum Gasteiger partial charge on any atom is 0.573 e. The molecule has 1 N–H and O–H groups in total. The molecule has 2 aromatic rings. The molecule has 0 aliphatic heterocycles. The van der Waals surface area contributed by atoms with Crippen LogP contribution in [0.2, 0.25) is 0 Å². The van der Waals surface area contributed by atoms with Crippen molar-refractivity contribution >= 4 is 12.0 Å². The van der Waals surface area contributed by atoms with E-state index in [1.807, 2.05) is 31.2 Å². The minimum absolute atomic E-state index is 0.256. The molecule has 2 rings (SSSR count). The maximum absolute atomic E-state index is 12.6. The first-order valence-electron chi connectivity index (χ1n) is 11.0. The molecule has 0 heterocycles. The van der Waals surface area contributed by atoms with Crippen LogP contribution < -0.4 is 10.1 Å². The van der Waals surface area contributed by atoms with E-state index in [-0.39, 0.29) is 11.7 Å². The predicted octanol–water partition coefficient (Wildman–Crippen LogP) is 5.56. The lowest BCUT2D eigenvalue weighted by molar-refractivity contribution is -0.274. The minimum Gasteiger partial charge on any atom is -0.444 e. The number of nitrogens with zero attached hydrogens (tertiary/aromatic N) is 1. The van der Waals surface area contributed by atoms with E-state index in [1.54, 1.807) is 40.0 Å². The van der Waals surface area contributed by atoms with Gasteiger partial charge in [-0.15, -0.1) is 13.2 Å². The van der Waals surface area contributed by atoms with Gasteiger partial charge in [-0.1, -0.05) is 43.3 Å². The number of alkyl halides is 3. The standard InChI is InChI=1S/C25H31F3N2O4/c1-6-21(30(5)23(32)34-24(2,3)4)22(31)29-16-15-17-7-9-18(10-8-17)19-11-13-20(14-12-19)33-25(26,27)28/h7-14,21H,6,15-16H2,1-5H3,(H,29,31)/t21-/m0/s1. The van der Waals surface area contributed by atoms with Crippen molar-refractivity contribution in [1.82, 2.24) is 10.2 Å². The number of rotatable bonds is 8. The zero-order chi connectivity index (χ0) is 25.5. The van der Waals surface area contributed by atoms with Crippen molar-refractivity contribution in [1.29, 1.82) is 0 Å². The molecule has 1 atom stereocenters. The van der Waals surface area contributed by atoms with Crippen LogP contribution in [0.25, 0.3) is 11.1 Å². The van der Waals surface area contributed by atoms with Crippen LogP contribution in [0.1, 0.15) is 39.7 Å². The third kappa shape index (κ3) is 8.61. The Bertz CT molecular complexity index is 952. The normalized spacial score (nSPS) is 12.6. The van der Waals surface area contributed by atoms with Crippen LogP contribution in [0.3, 0.4) is 0 Å². The monoisotopic (exact) mass is 480 g/mol. The summed E-state index contributed by atoms with van der Waals surface area (Å²) in [6.07, 6.45) is -4.25. The van der Waals surface area contributed by atoms with Crippen LogP contribution >= 0.6 is 0 Å². The summed E-state index contributed by atoms with van der Waals surface area (Å²) in [7, 11) is 1.54. The fraction of sp³-hybridized carbons (Fsp3) is 0.440. The lowest BCUT2D eigenvalue weighted by atomic mass is 10.0. The van der Waals surface area contributed by atoms with Gasteiger partial charge in [0.15, 0.2) is 0 Å². The van der Waals surface area contributed by atoms with Gasteiger partial charge < -0.3 is 14.8 Å². The van der Waals surface area contributed by atoms with E-state index in [9.17, 15) is 22.8 Å². The topological polar surface area (TPSA) is 67.9 Å². The first kappa shape index (κ1) is 27.0. The zero-order valence-corrected chi connectivity index (χ0v) is 20.0. The second-order valence-corrected chi connectivity index (χ2v) is 8.83. The van der Waals surface area contributed by atoms with E-state index in [4.69, 9.17) is 4.74 Å². The summed E-state index contributed by atoms with van der Waals surface area (Å²) in [5, 5.41) is 2.86. The van der Waals surface area contributed by atoms with Crippen molar-refractivity contribution in [2.75, 3.05) is 13.6 Å². The van der Waals surface area contributed by atoms with Gasteiger partial charge in [0.25, 0.3) is 0 Å². The Morgan fingerprint density at radius 2 is 1.50 bits per heavy atom. The largest absolute Gasteiger partial charge is 0.573 e. The zero-order valence-electron chi connectivity index (χ0n) is 20.0. The van der Waals surface area contributed by atoms with E-state index < -0.39 is 24.1 Å². The number of likely N-dealkylation sites (N-methyl/N-ethyl adjacent to an activating group) is 1. The first-order chi connectivity index (χ1) is 15.8. The highest BCUT2D eigenvalue weighted by Crippen LogP contribution is 2.26. The fourth-order valence-corrected chi connectivity index (χ4v) is 3.26. The average Bonchev–Trinajstić information content (AvgIpc) is 2.73. The summed E-state index contributed by atoms with van der Waals surface area (Å²) >= 11 is 0. The van der Waals surface area contributed by atoms with Gasteiger partial charge in [-0.05, 0) is 62.4 Å². The number of nitrogens with one attached hydrogen (secondary N) is 1. The quantitative estimate of drug-likeness (QED) is 0.538. The minimum atomic E-state index is -4.72. The van der Waals surface area contributed by atoms with Crippen molar-refractivity contribution in [3.05, 3.63) is 54.1 Å². The highest BCUT2D eigenvalue weighted by atomic mass is 19.4. The van der Waals surface area contributed by atoms with Crippen LogP contribution in [-0.2, 0) is 16.0 Å². The van der Waals surface area contributed by atoms with Crippen molar-refractivity contribution in [2.45, 2.75) is 58.5 Å². The number of benzene rings is 2. The lowest BCUT2D eigenvalue weighted by Crippen LogP contribution is -2.49. The van der Waals surface area contributed by atoms with Gasteiger partial charge in [0.2, 0.25) is 5.91 Å². The summed E-state index contributed by atoms with van der Waals surface area (Å²) in [4.78, 5) is 26.1. The van der Waals surface area contributed by atoms with Crippen LogP contribution in [-0.4, -0.2) is 48.5 Å². The molecule has 0 bridgehead atoms. The molecule has 6 nitrogen and oxygen atoms in total. The number of ether oxygens (including phenoxy) is 2. The summed E-state index contributed by atoms with van der Waals surface area (Å²) in [5.41, 5.74) is 1.93. The van der Waals surface area contributed by atoms with E-state index in [2.05, 4.69) is 10.1 Å². The molecule has 2 aromatic carbocycles. The van der Waals surface area contributed by atoms with Gasteiger partial charge >= 0.3 is 12.5 Å². The molecule has 0 saturated heterocycles. The van der Waals surface area contributed by atoms with Crippen molar-refractivity contribution in [3.8, 4) is 16.9 Å². The van der Waals surface area contributed by atoms with Crippen molar-refractivity contribution < 1.29 is 32.2 Å². The van der Waals surface area contributed by atoms with Crippen LogP contribution in [0.5, 0.6) is 5.75 Å². The Morgan fingerprint density at radius 3 is 1.97 bits per heavy atom. The molecule has 0 fully saturated rings. The number of hydrogen-bond donors (Lipinski definition) is 1. The van der Waals surface area contributed by atoms with Crippen LogP contribution in [0, 0.1) is 0 Å². The molecule has 2 amide bonds. The molecule has 9 heteroatoms. The highest BCUT2D eigenvalue weighted by molar-refractivity contribution is 5.85. The van der Waals surface area contributed by atoms with E-state index >= 15 is 0 Å². The molecular formula is C25H31F3N2O4. The smallest absolute Gasteiger partial charge is 0.444 e. The Balaban J connectivity index is 1.89. The molecule has 0 spiro atoms. The second-order valence-electron chi connectivity index (χ2n) is 8.83. The van der Waals surface area contributed by atoms with Gasteiger partial charge in [-0.2, -0.15) is 0 Å². The molecule has 0 aromatic heterocycles. The number of hydrogen-bond acceptors (Lipinski definition) is 4. The number of amides is 2. The van der Waals surface area contributed by atoms with Crippen LogP contribution in [0.4, 0.5) is 18.0 Å². The van der Waals surface area contributed by atoms with Gasteiger partial charge in [0, 0.05) is 13.6 Å². The third-order valence-electron chi connectivity index (χ3n) is 4.93. The van der Waals surface area contributed by atoms with E-state index in [0.29, 0.717) is 19.4 Å². The van der Waals surface area contributed by atoms with E-state index in [1.165, 1.54) is 17.0 Å². The Kier molecular flexibility index (Phi) is 8.95. The molecule has 0 aliphatic carbocycles. The summed E-state index contributed by atoms with van der Waals surface area (Å²) in [6.45, 7) is 7.51. The molecule has 0 unspecified atom stereocenters. The average molecular weight is 481 g/mol. The lowest BCUT2D eigenvalue weighted by Gasteiger charge is -2.29. The number of halogens is 3. The highest BCUT2D eigenvalue weighted by Gasteiger charge is 2.31. The third-order valence-corrected chi connectivity index (χ3v) is 4.93. The maximum atomic E-state index is 12.6. The summed E-state index contributed by atoms with van der Waals surface area (Å²) in [5.74, 6) is -0.528. The fourth-order valence-electron chi connectivity index (χ4n) is 3.26. The SMILES string of the molecule is CC[C@@H](C(=O)NCCc1ccc(-c2ccc(OC(F)(F)F)cc2)cc1)N(C)C(=O)OC(C)(C)C. The Hall–Kier alpha value is -3.23. The molecule has 186 valence electrons. The predicted molar refractivity (Wildman–Crippen MR) is 123 cm³/mol. The Labute approximate surface area is 198 Å². The molecule has 34 heavy (non-hydrogen) atoms. The molecule has 0 radical (unpaired) electrons. The number of carbonyl (C=O) groups excluding carboxylic acids is 2. The van der Waals surface area contributed by atoms with Gasteiger partial charge in [0.05, 0.1) is 0 Å².